The smallest absolute Gasteiger partial charge is 0.321 e. The molecule has 0 aromatic heterocycles. The van der Waals surface area contributed by atoms with Crippen molar-refractivity contribution in [2.24, 2.45) is 5.92 Å². The average molecular weight is 289 g/mol. The maximum atomic E-state index is 12.0. The molecule has 0 aliphatic carbocycles. The van der Waals surface area contributed by atoms with Crippen LogP contribution in [0, 0.1) is 12.8 Å². The Morgan fingerprint density at radius 1 is 1.29 bits per heavy atom. The molecular weight excluding hydrogens is 270 g/mol. The second kappa shape index (κ2) is 6.39. The largest absolute Gasteiger partial charge is 0.335 e. The monoisotopic (exact) mass is 289 g/mol. The molecule has 6 nitrogen and oxygen atoms in total. The molecule has 3 N–H and O–H groups in total. The Hall–Kier alpha value is -2.37. The standard InChI is InChI=1S/C15H19N3O3/c1-9-5-3-4-6-12(9)17-13(19)8-7-11-10(2)16-15(21)18-14(11)20/h3-6,10-11H,7-8H2,1-2H3,(H,17,19)(H2,16,18,20,21). The molecule has 1 aromatic rings. The molecule has 1 aromatic carbocycles. The predicted octanol–water partition coefficient (Wildman–Crippen LogP) is 1.56. The summed E-state index contributed by atoms with van der Waals surface area (Å²) >= 11 is 0. The number of aryl methyl sites for hydroxylation is 1. The van der Waals surface area contributed by atoms with Gasteiger partial charge in [0.1, 0.15) is 0 Å². The van der Waals surface area contributed by atoms with Gasteiger partial charge in [0.05, 0.1) is 5.92 Å². The van der Waals surface area contributed by atoms with Crippen molar-refractivity contribution in [2.45, 2.75) is 32.7 Å². The Morgan fingerprint density at radius 2 is 2.00 bits per heavy atom. The van der Waals surface area contributed by atoms with Gasteiger partial charge in [-0.15, -0.1) is 0 Å². The van der Waals surface area contributed by atoms with Gasteiger partial charge in [0.2, 0.25) is 11.8 Å². The van der Waals surface area contributed by atoms with Crippen molar-refractivity contribution in [3.8, 4) is 0 Å². The number of carbonyl (C=O) groups is 3. The first-order valence-corrected chi connectivity index (χ1v) is 6.94. The van der Waals surface area contributed by atoms with E-state index in [1.54, 1.807) is 6.92 Å². The fraction of sp³-hybridized carbons (Fsp3) is 0.400. The molecule has 1 saturated heterocycles. The number of imide groups is 1. The number of hydrogen-bond acceptors (Lipinski definition) is 3. The van der Waals surface area contributed by atoms with Crippen LogP contribution in [-0.4, -0.2) is 23.9 Å². The van der Waals surface area contributed by atoms with Crippen molar-refractivity contribution in [1.29, 1.82) is 0 Å². The highest BCUT2D eigenvalue weighted by Gasteiger charge is 2.32. The first-order valence-electron chi connectivity index (χ1n) is 6.94. The minimum absolute atomic E-state index is 0.138. The summed E-state index contributed by atoms with van der Waals surface area (Å²) < 4.78 is 0. The highest BCUT2D eigenvalue weighted by atomic mass is 16.2. The van der Waals surface area contributed by atoms with Crippen LogP contribution in [0.3, 0.4) is 0 Å². The van der Waals surface area contributed by atoms with Crippen molar-refractivity contribution in [2.75, 3.05) is 5.32 Å². The van der Waals surface area contributed by atoms with Crippen LogP contribution in [0.15, 0.2) is 24.3 Å². The van der Waals surface area contributed by atoms with Crippen LogP contribution >= 0.6 is 0 Å². The third-order valence-corrected chi connectivity index (χ3v) is 3.64. The molecule has 0 bridgehead atoms. The number of urea groups is 1. The molecule has 2 rings (SSSR count). The van der Waals surface area contributed by atoms with Crippen LogP contribution in [0.4, 0.5) is 10.5 Å². The predicted molar refractivity (Wildman–Crippen MR) is 78.7 cm³/mol. The average Bonchev–Trinajstić information content (AvgIpc) is 2.40. The van der Waals surface area contributed by atoms with Crippen molar-refractivity contribution in [3.63, 3.8) is 0 Å². The highest BCUT2D eigenvalue weighted by molar-refractivity contribution is 5.99. The minimum atomic E-state index is -0.479. The van der Waals surface area contributed by atoms with E-state index in [-0.39, 0.29) is 30.2 Å². The van der Waals surface area contributed by atoms with E-state index in [0.717, 1.165) is 11.3 Å². The summed E-state index contributed by atoms with van der Waals surface area (Å²) in [6, 6.07) is 6.77. The van der Waals surface area contributed by atoms with Gasteiger partial charge in [0.15, 0.2) is 0 Å². The molecule has 21 heavy (non-hydrogen) atoms. The molecule has 6 heteroatoms. The molecule has 0 radical (unpaired) electrons. The SMILES string of the molecule is Cc1ccccc1NC(=O)CCC1C(=O)NC(=O)NC1C. The molecule has 2 atom stereocenters. The molecule has 2 unspecified atom stereocenters. The van der Waals surface area contributed by atoms with Gasteiger partial charge in [-0.25, -0.2) is 4.79 Å². The number of hydrogen-bond donors (Lipinski definition) is 3. The number of benzene rings is 1. The normalized spacial score (nSPS) is 21.4. The van der Waals surface area contributed by atoms with Gasteiger partial charge in [-0.05, 0) is 31.9 Å². The summed E-state index contributed by atoms with van der Waals surface area (Å²) in [5, 5.41) is 7.69. The Bertz CT molecular complexity index is 571. The Kier molecular flexibility index (Phi) is 4.57. The Labute approximate surface area is 123 Å². The van der Waals surface area contributed by atoms with Gasteiger partial charge in [-0.1, -0.05) is 18.2 Å². The number of nitrogens with one attached hydrogen (secondary N) is 3. The van der Waals surface area contributed by atoms with E-state index in [1.807, 2.05) is 31.2 Å². The first kappa shape index (κ1) is 15.0. The lowest BCUT2D eigenvalue weighted by atomic mass is 9.93. The van der Waals surface area contributed by atoms with Crippen LogP contribution in [0.5, 0.6) is 0 Å². The van der Waals surface area contributed by atoms with E-state index < -0.39 is 6.03 Å². The van der Waals surface area contributed by atoms with Crippen LogP contribution in [0.2, 0.25) is 0 Å². The molecule has 1 aliphatic heterocycles. The van der Waals surface area contributed by atoms with E-state index in [1.165, 1.54) is 0 Å². The molecular formula is C15H19N3O3. The summed E-state index contributed by atoms with van der Waals surface area (Å²) in [6.45, 7) is 3.68. The van der Waals surface area contributed by atoms with Crippen molar-refractivity contribution < 1.29 is 14.4 Å². The number of carbonyl (C=O) groups excluding carboxylic acids is 3. The zero-order chi connectivity index (χ0) is 15.4. The van der Waals surface area contributed by atoms with E-state index >= 15 is 0 Å². The molecule has 0 spiro atoms. The van der Waals surface area contributed by atoms with E-state index in [9.17, 15) is 14.4 Å². The number of anilines is 1. The van der Waals surface area contributed by atoms with E-state index in [4.69, 9.17) is 0 Å². The second-order valence-electron chi connectivity index (χ2n) is 5.26. The number of rotatable bonds is 4. The maximum Gasteiger partial charge on any atom is 0.321 e. The van der Waals surface area contributed by atoms with Gasteiger partial charge < -0.3 is 10.6 Å². The second-order valence-corrected chi connectivity index (χ2v) is 5.26. The van der Waals surface area contributed by atoms with Crippen molar-refractivity contribution in [1.82, 2.24) is 10.6 Å². The fourth-order valence-electron chi connectivity index (χ4n) is 2.37. The van der Waals surface area contributed by atoms with Gasteiger partial charge >= 0.3 is 6.03 Å². The number of para-hydroxylation sites is 1. The minimum Gasteiger partial charge on any atom is -0.335 e. The molecule has 1 heterocycles. The summed E-state index contributed by atoms with van der Waals surface area (Å²) in [5.74, 6) is -0.846. The van der Waals surface area contributed by atoms with Gasteiger partial charge in [-0.3, -0.25) is 14.9 Å². The third kappa shape index (κ3) is 3.81. The summed E-state index contributed by atoms with van der Waals surface area (Å²) in [6.07, 6.45) is 0.623. The fourth-order valence-corrected chi connectivity index (χ4v) is 2.37. The van der Waals surface area contributed by atoms with Crippen LogP contribution in [-0.2, 0) is 9.59 Å². The zero-order valence-electron chi connectivity index (χ0n) is 12.1. The summed E-state index contributed by atoms with van der Waals surface area (Å²) in [5.41, 5.74) is 1.76. The van der Waals surface area contributed by atoms with Gasteiger partial charge in [0, 0.05) is 18.2 Å². The molecule has 4 amide bonds. The van der Waals surface area contributed by atoms with E-state index in [2.05, 4.69) is 16.0 Å². The Morgan fingerprint density at radius 3 is 2.67 bits per heavy atom. The van der Waals surface area contributed by atoms with Crippen molar-refractivity contribution in [3.05, 3.63) is 29.8 Å². The van der Waals surface area contributed by atoms with E-state index in [0.29, 0.717) is 6.42 Å². The summed E-state index contributed by atoms with van der Waals surface area (Å²) in [7, 11) is 0. The third-order valence-electron chi connectivity index (χ3n) is 3.64. The Balaban J connectivity index is 1.88. The molecule has 112 valence electrons. The number of amides is 4. The van der Waals surface area contributed by atoms with Gasteiger partial charge in [-0.2, -0.15) is 0 Å². The molecule has 0 saturated carbocycles. The van der Waals surface area contributed by atoms with Gasteiger partial charge in [0.25, 0.3) is 0 Å². The summed E-state index contributed by atoms with van der Waals surface area (Å²) in [4.78, 5) is 34.8. The van der Waals surface area contributed by atoms with Crippen LogP contribution in [0.1, 0.15) is 25.3 Å². The topological polar surface area (TPSA) is 87.3 Å². The lowest BCUT2D eigenvalue weighted by Gasteiger charge is -2.28. The molecule has 1 fully saturated rings. The van der Waals surface area contributed by atoms with Crippen LogP contribution < -0.4 is 16.0 Å². The maximum absolute atomic E-state index is 12.0. The molecule has 1 aliphatic rings. The quantitative estimate of drug-likeness (QED) is 0.786. The lowest BCUT2D eigenvalue weighted by Crippen LogP contribution is -2.57. The zero-order valence-corrected chi connectivity index (χ0v) is 12.1. The van der Waals surface area contributed by atoms with Crippen molar-refractivity contribution >= 4 is 23.5 Å². The van der Waals surface area contributed by atoms with Crippen LogP contribution in [0.25, 0.3) is 0 Å². The first-order chi connectivity index (χ1) is 9.97. The lowest BCUT2D eigenvalue weighted by molar-refractivity contribution is -0.126. The highest BCUT2D eigenvalue weighted by Crippen LogP contribution is 2.17.